The number of benzene rings is 2. The van der Waals surface area contributed by atoms with Crippen LogP contribution in [0.3, 0.4) is 0 Å². The van der Waals surface area contributed by atoms with Crippen molar-refractivity contribution in [2.24, 2.45) is 0 Å². The zero-order valence-electron chi connectivity index (χ0n) is 12.5. The van der Waals surface area contributed by atoms with Crippen molar-refractivity contribution in [3.05, 3.63) is 58.1 Å². The Morgan fingerprint density at radius 3 is 2.62 bits per heavy atom. The SMILES string of the molecule is N#Cc1ccc(OCC(=O)OCCSc2cc(Cl)ccc2Cl)cc1. The normalized spacial score (nSPS) is 10.0. The number of ether oxygens (including phenoxy) is 2. The van der Waals surface area contributed by atoms with Crippen LogP contribution in [0.4, 0.5) is 0 Å². The Kier molecular flexibility index (Phi) is 7.26. The topological polar surface area (TPSA) is 59.3 Å². The molecule has 0 aliphatic heterocycles. The summed E-state index contributed by atoms with van der Waals surface area (Å²) in [5.74, 6) is 0.603. The number of carbonyl (C=O) groups is 1. The van der Waals surface area contributed by atoms with E-state index in [4.69, 9.17) is 37.9 Å². The molecule has 0 spiro atoms. The molecule has 0 saturated heterocycles. The minimum absolute atomic E-state index is 0.186. The minimum atomic E-state index is -0.461. The van der Waals surface area contributed by atoms with E-state index in [0.29, 0.717) is 27.1 Å². The Labute approximate surface area is 154 Å². The van der Waals surface area contributed by atoms with E-state index in [0.717, 1.165) is 4.90 Å². The predicted octanol–water partition coefficient (Wildman–Crippen LogP) is 4.58. The molecular weight excluding hydrogens is 369 g/mol. The van der Waals surface area contributed by atoms with Crippen molar-refractivity contribution < 1.29 is 14.3 Å². The van der Waals surface area contributed by atoms with Crippen molar-refractivity contribution in [2.75, 3.05) is 19.0 Å². The fourth-order valence-corrected chi connectivity index (χ4v) is 3.03. The Balaban J connectivity index is 1.67. The minimum Gasteiger partial charge on any atom is -0.482 e. The average Bonchev–Trinajstić information content (AvgIpc) is 2.60. The van der Waals surface area contributed by atoms with Crippen LogP contribution in [0.1, 0.15) is 5.56 Å². The van der Waals surface area contributed by atoms with Gasteiger partial charge in [-0.25, -0.2) is 4.79 Å². The van der Waals surface area contributed by atoms with Crippen molar-refractivity contribution in [1.82, 2.24) is 0 Å². The van der Waals surface area contributed by atoms with Gasteiger partial charge in [-0.3, -0.25) is 0 Å². The van der Waals surface area contributed by atoms with Gasteiger partial charge in [0.25, 0.3) is 0 Å². The van der Waals surface area contributed by atoms with Crippen LogP contribution in [-0.4, -0.2) is 24.9 Å². The number of rotatable bonds is 7. The summed E-state index contributed by atoms with van der Waals surface area (Å²) in [6.07, 6.45) is 0. The third kappa shape index (κ3) is 5.97. The Morgan fingerprint density at radius 2 is 1.92 bits per heavy atom. The first-order valence-electron chi connectivity index (χ1n) is 6.95. The molecule has 24 heavy (non-hydrogen) atoms. The van der Waals surface area contributed by atoms with Crippen LogP contribution in [0.25, 0.3) is 0 Å². The van der Waals surface area contributed by atoms with E-state index in [-0.39, 0.29) is 13.2 Å². The van der Waals surface area contributed by atoms with Crippen LogP contribution in [0, 0.1) is 11.3 Å². The van der Waals surface area contributed by atoms with Crippen LogP contribution in [0.2, 0.25) is 10.0 Å². The van der Waals surface area contributed by atoms with E-state index in [9.17, 15) is 4.79 Å². The van der Waals surface area contributed by atoms with Crippen molar-refractivity contribution in [1.29, 1.82) is 5.26 Å². The molecule has 2 aromatic carbocycles. The van der Waals surface area contributed by atoms with Crippen LogP contribution in [0.15, 0.2) is 47.4 Å². The van der Waals surface area contributed by atoms with E-state index in [1.165, 1.54) is 11.8 Å². The number of nitriles is 1. The van der Waals surface area contributed by atoms with E-state index in [2.05, 4.69) is 0 Å². The molecule has 0 radical (unpaired) electrons. The lowest BCUT2D eigenvalue weighted by molar-refractivity contribution is -0.145. The van der Waals surface area contributed by atoms with Crippen LogP contribution < -0.4 is 4.74 Å². The highest BCUT2D eigenvalue weighted by molar-refractivity contribution is 7.99. The van der Waals surface area contributed by atoms with E-state index >= 15 is 0 Å². The van der Waals surface area contributed by atoms with Gasteiger partial charge in [0.2, 0.25) is 0 Å². The molecule has 0 aromatic heterocycles. The number of halogens is 2. The first-order valence-corrected chi connectivity index (χ1v) is 8.69. The quantitative estimate of drug-likeness (QED) is 0.399. The van der Waals surface area contributed by atoms with E-state index in [1.54, 1.807) is 42.5 Å². The third-order valence-electron chi connectivity index (χ3n) is 2.84. The van der Waals surface area contributed by atoms with Crippen molar-refractivity contribution in [3.8, 4) is 11.8 Å². The molecular formula is C17H13Cl2NO3S. The van der Waals surface area contributed by atoms with Crippen molar-refractivity contribution in [3.63, 3.8) is 0 Å². The van der Waals surface area contributed by atoms with Crippen molar-refractivity contribution >= 4 is 40.9 Å². The lowest BCUT2D eigenvalue weighted by Gasteiger charge is -2.08. The number of carbonyl (C=O) groups excluding carboxylic acids is 1. The molecule has 124 valence electrons. The van der Waals surface area contributed by atoms with Crippen LogP contribution in [0.5, 0.6) is 5.75 Å². The maximum absolute atomic E-state index is 11.6. The number of thioether (sulfide) groups is 1. The molecule has 7 heteroatoms. The van der Waals surface area contributed by atoms with Gasteiger partial charge in [0, 0.05) is 15.7 Å². The lowest BCUT2D eigenvalue weighted by atomic mass is 10.2. The molecule has 0 bridgehead atoms. The number of esters is 1. The Bertz CT molecular complexity index is 744. The lowest BCUT2D eigenvalue weighted by Crippen LogP contribution is -2.16. The smallest absolute Gasteiger partial charge is 0.344 e. The van der Waals surface area contributed by atoms with Gasteiger partial charge in [-0.15, -0.1) is 11.8 Å². The second kappa shape index (κ2) is 9.43. The Hall–Kier alpha value is -1.87. The predicted molar refractivity (Wildman–Crippen MR) is 94.8 cm³/mol. The zero-order valence-corrected chi connectivity index (χ0v) is 14.8. The summed E-state index contributed by atoms with van der Waals surface area (Å²) in [5.41, 5.74) is 0.529. The van der Waals surface area contributed by atoms with Crippen LogP contribution >= 0.6 is 35.0 Å². The van der Waals surface area contributed by atoms with Gasteiger partial charge in [0.05, 0.1) is 16.7 Å². The van der Waals surface area contributed by atoms with Gasteiger partial charge in [0.1, 0.15) is 12.4 Å². The highest BCUT2D eigenvalue weighted by Gasteiger charge is 2.06. The van der Waals surface area contributed by atoms with E-state index in [1.807, 2.05) is 6.07 Å². The van der Waals surface area contributed by atoms with Gasteiger partial charge < -0.3 is 9.47 Å². The number of nitrogens with zero attached hydrogens (tertiary/aromatic N) is 1. The maximum Gasteiger partial charge on any atom is 0.344 e. The highest BCUT2D eigenvalue weighted by Crippen LogP contribution is 2.29. The highest BCUT2D eigenvalue weighted by atomic mass is 35.5. The summed E-state index contributed by atoms with van der Waals surface area (Å²) in [5, 5.41) is 9.92. The maximum atomic E-state index is 11.6. The fraction of sp³-hybridized carbons (Fsp3) is 0.176. The summed E-state index contributed by atoms with van der Waals surface area (Å²) < 4.78 is 10.4. The average molecular weight is 382 g/mol. The first kappa shape index (κ1) is 18.5. The molecule has 2 rings (SSSR count). The van der Waals surface area contributed by atoms with Gasteiger partial charge in [-0.1, -0.05) is 23.2 Å². The summed E-state index contributed by atoms with van der Waals surface area (Å²) in [6.45, 7) is 0.0531. The molecule has 4 nitrogen and oxygen atoms in total. The molecule has 0 N–H and O–H groups in total. The third-order valence-corrected chi connectivity index (χ3v) is 4.53. The first-order chi connectivity index (χ1) is 11.6. The van der Waals surface area contributed by atoms with Gasteiger partial charge in [-0.2, -0.15) is 5.26 Å². The molecule has 0 aliphatic rings. The largest absolute Gasteiger partial charge is 0.482 e. The summed E-state index contributed by atoms with van der Waals surface area (Å²) in [7, 11) is 0. The van der Waals surface area contributed by atoms with Crippen LogP contribution in [-0.2, 0) is 9.53 Å². The molecule has 0 saturated carbocycles. The molecule has 2 aromatic rings. The number of hydrogen-bond donors (Lipinski definition) is 0. The molecule has 0 heterocycles. The summed E-state index contributed by atoms with van der Waals surface area (Å²) in [6, 6.07) is 13.7. The van der Waals surface area contributed by atoms with Gasteiger partial charge >= 0.3 is 5.97 Å². The van der Waals surface area contributed by atoms with Gasteiger partial charge in [-0.05, 0) is 42.5 Å². The molecule has 0 aliphatic carbocycles. The second-order valence-electron chi connectivity index (χ2n) is 4.57. The zero-order chi connectivity index (χ0) is 17.4. The molecule has 0 atom stereocenters. The Morgan fingerprint density at radius 1 is 1.17 bits per heavy atom. The van der Waals surface area contributed by atoms with Gasteiger partial charge in [0.15, 0.2) is 6.61 Å². The molecule has 0 amide bonds. The standard InChI is InChI=1S/C17H13Cl2NO3S/c18-13-3-6-15(19)16(9-13)24-8-7-22-17(21)11-23-14-4-1-12(10-20)2-5-14/h1-6,9H,7-8,11H2. The molecule has 0 fully saturated rings. The summed E-state index contributed by atoms with van der Waals surface area (Å²) in [4.78, 5) is 12.5. The monoisotopic (exact) mass is 381 g/mol. The summed E-state index contributed by atoms with van der Waals surface area (Å²) >= 11 is 13.4. The second-order valence-corrected chi connectivity index (χ2v) is 6.55. The number of hydrogen-bond acceptors (Lipinski definition) is 5. The fourth-order valence-electron chi connectivity index (χ4n) is 1.70. The van der Waals surface area contributed by atoms with Crippen molar-refractivity contribution in [2.45, 2.75) is 4.90 Å². The molecule has 0 unspecified atom stereocenters. The van der Waals surface area contributed by atoms with E-state index < -0.39 is 5.97 Å².